The molecule has 1 aromatic carbocycles. The Morgan fingerprint density at radius 2 is 2.11 bits per heavy atom. The highest BCUT2D eigenvalue weighted by Gasteiger charge is 2.26. The number of nitrogens with zero attached hydrogens (tertiary/aromatic N) is 1. The fourth-order valence-electron chi connectivity index (χ4n) is 1.20. The lowest BCUT2D eigenvalue weighted by Gasteiger charge is -2.10. The summed E-state index contributed by atoms with van der Waals surface area (Å²) in [5.41, 5.74) is 0.461. The minimum atomic E-state index is -4.38. The number of rotatable bonds is 4. The summed E-state index contributed by atoms with van der Waals surface area (Å²) in [7, 11) is 0. The van der Waals surface area contributed by atoms with Gasteiger partial charge >= 0.3 is 6.18 Å². The smallest absolute Gasteiger partial charge is 0.324 e. The van der Waals surface area contributed by atoms with Crippen molar-refractivity contribution in [2.45, 2.75) is 6.18 Å². The number of amides is 1. The molecule has 0 heterocycles. The number of hydrogen-bond donors (Lipinski definition) is 2. The maximum absolute atomic E-state index is 11.8. The van der Waals surface area contributed by atoms with Crippen LogP contribution in [-0.4, -0.2) is 25.2 Å². The third-order valence-corrected chi connectivity index (χ3v) is 2.31. The van der Waals surface area contributed by atoms with E-state index in [2.05, 4.69) is 5.32 Å². The Labute approximate surface area is 112 Å². The van der Waals surface area contributed by atoms with Crippen LogP contribution in [0.4, 0.5) is 18.9 Å². The lowest BCUT2D eigenvalue weighted by Crippen LogP contribution is -2.35. The maximum Gasteiger partial charge on any atom is 0.401 e. The number of anilines is 1. The van der Waals surface area contributed by atoms with Crippen LogP contribution in [0.15, 0.2) is 18.2 Å². The zero-order valence-corrected chi connectivity index (χ0v) is 10.3. The first-order valence-electron chi connectivity index (χ1n) is 5.09. The normalized spacial score (nSPS) is 10.9. The maximum atomic E-state index is 11.8. The van der Waals surface area contributed by atoms with Gasteiger partial charge in [-0.05, 0) is 18.2 Å². The number of alkyl halides is 3. The lowest BCUT2D eigenvalue weighted by atomic mass is 10.2. The van der Waals surface area contributed by atoms with Crippen LogP contribution in [0.5, 0.6) is 0 Å². The summed E-state index contributed by atoms with van der Waals surface area (Å²) in [6.45, 7) is -1.76. The molecule has 0 atom stereocenters. The number of benzene rings is 1. The van der Waals surface area contributed by atoms with Gasteiger partial charge in [0.15, 0.2) is 0 Å². The number of nitrogens with one attached hydrogen (secondary N) is 2. The molecular weight excluding hydrogens is 283 g/mol. The second-order valence-corrected chi connectivity index (χ2v) is 3.98. The summed E-state index contributed by atoms with van der Waals surface area (Å²) in [5, 5.41) is 13.1. The van der Waals surface area contributed by atoms with Gasteiger partial charge in [0.1, 0.15) is 0 Å². The molecule has 1 rings (SSSR count). The van der Waals surface area contributed by atoms with E-state index in [-0.39, 0.29) is 16.3 Å². The van der Waals surface area contributed by atoms with Crippen LogP contribution in [0.2, 0.25) is 5.02 Å². The third kappa shape index (κ3) is 5.59. The zero-order valence-electron chi connectivity index (χ0n) is 9.51. The highest BCUT2D eigenvalue weighted by atomic mass is 35.5. The Morgan fingerprint density at radius 3 is 2.68 bits per heavy atom. The van der Waals surface area contributed by atoms with Gasteiger partial charge in [-0.3, -0.25) is 4.79 Å². The second kappa shape index (κ2) is 6.41. The Bertz CT molecular complexity index is 511. The van der Waals surface area contributed by atoms with Crippen LogP contribution < -0.4 is 10.6 Å². The molecule has 0 aromatic heterocycles. The minimum absolute atomic E-state index is 0.180. The molecule has 8 heteroatoms. The van der Waals surface area contributed by atoms with Gasteiger partial charge in [-0.2, -0.15) is 18.4 Å². The molecular formula is C11H9ClF3N3O. The number of carbonyl (C=O) groups is 1. The van der Waals surface area contributed by atoms with Crippen molar-refractivity contribution in [1.82, 2.24) is 5.32 Å². The van der Waals surface area contributed by atoms with Gasteiger partial charge in [-0.15, -0.1) is 0 Å². The summed E-state index contributed by atoms with van der Waals surface area (Å²) in [6.07, 6.45) is -4.38. The van der Waals surface area contributed by atoms with Crippen molar-refractivity contribution in [2.24, 2.45) is 0 Å². The summed E-state index contributed by atoms with van der Waals surface area (Å²) in [5.74, 6) is -0.679. The van der Waals surface area contributed by atoms with Crippen LogP contribution >= 0.6 is 11.6 Å². The number of hydrogen-bond acceptors (Lipinski definition) is 3. The first-order chi connectivity index (χ1) is 8.81. The summed E-state index contributed by atoms with van der Waals surface area (Å²) in [6, 6.07) is 6.07. The third-order valence-electron chi connectivity index (χ3n) is 1.98. The van der Waals surface area contributed by atoms with Gasteiger partial charge in [0.05, 0.1) is 35.4 Å². The topological polar surface area (TPSA) is 64.9 Å². The molecule has 0 radical (unpaired) electrons. The van der Waals surface area contributed by atoms with Crippen molar-refractivity contribution >= 4 is 23.2 Å². The molecule has 0 saturated heterocycles. The monoisotopic (exact) mass is 291 g/mol. The highest BCUT2D eigenvalue weighted by molar-refractivity contribution is 6.33. The SMILES string of the molecule is N#Cc1ccc(Cl)c(NC(=O)CNCC(F)(F)F)c1. The van der Waals surface area contributed by atoms with E-state index in [4.69, 9.17) is 16.9 Å². The van der Waals surface area contributed by atoms with E-state index >= 15 is 0 Å². The Balaban J connectivity index is 2.55. The van der Waals surface area contributed by atoms with Crippen molar-refractivity contribution in [2.75, 3.05) is 18.4 Å². The van der Waals surface area contributed by atoms with E-state index in [0.717, 1.165) is 0 Å². The minimum Gasteiger partial charge on any atom is -0.324 e. The predicted octanol–water partition coefficient (Wildman–Crippen LogP) is 2.30. The van der Waals surface area contributed by atoms with Crippen LogP contribution in [0.1, 0.15) is 5.56 Å². The van der Waals surface area contributed by atoms with E-state index in [1.54, 1.807) is 0 Å². The highest BCUT2D eigenvalue weighted by Crippen LogP contribution is 2.22. The largest absolute Gasteiger partial charge is 0.401 e. The van der Waals surface area contributed by atoms with Gasteiger partial charge in [0.2, 0.25) is 5.91 Å². The van der Waals surface area contributed by atoms with Gasteiger partial charge in [-0.25, -0.2) is 0 Å². The first kappa shape index (κ1) is 15.3. The van der Waals surface area contributed by atoms with Crippen LogP contribution in [0.3, 0.4) is 0 Å². The van der Waals surface area contributed by atoms with Crippen molar-refractivity contribution in [3.63, 3.8) is 0 Å². The first-order valence-corrected chi connectivity index (χ1v) is 5.46. The second-order valence-electron chi connectivity index (χ2n) is 3.57. The van der Waals surface area contributed by atoms with Crippen LogP contribution in [-0.2, 0) is 4.79 Å². The van der Waals surface area contributed by atoms with Crippen LogP contribution in [0, 0.1) is 11.3 Å². The lowest BCUT2D eigenvalue weighted by molar-refractivity contribution is -0.126. The van der Waals surface area contributed by atoms with Gasteiger partial charge in [0.25, 0.3) is 0 Å². The average Bonchev–Trinajstić information content (AvgIpc) is 2.30. The summed E-state index contributed by atoms with van der Waals surface area (Å²) < 4.78 is 35.5. The molecule has 1 aromatic rings. The molecule has 19 heavy (non-hydrogen) atoms. The molecule has 2 N–H and O–H groups in total. The molecule has 0 bridgehead atoms. The van der Waals surface area contributed by atoms with E-state index in [9.17, 15) is 18.0 Å². The van der Waals surface area contributed by atoms with Crippen molar-refractivity contribution in [3.8, 4) is 6.07 Å². The molecule has 0 aliphatic carbocycles. The van der Waals surface area contributed by atoms with Crippen LogP contribution in [0.25, 0.3) is 0 Å². The quantitative estimate of drug-likeness (QED) is 0.894. The van der Waals surface area contributed by atoms with Gasteiger partial charge < -0.3 is 10.6 Å². The summed E-state index contributed by atoms with van der Waals surface area (Å²) in [4.78, 5) is 11.4. The van der Waals surface area contributed by atoms with Gasteiger partial charge in [0, 0.05) is 0 Å². The zero-order chi connectivity index (χ0) is 14.5. The molecule has 102 valence electrons. The standard InChI is InChI=1S/C11H9ClF3N3O/c12-8-2-1-7(4-16)3-9(8)18-10(19)5-17-6-11(13,14)15/h1-3,17H,5-6H2,(H,18,19). The molecule has 0 unspecified atom stereocenters. The Morgan fingerprint density at radius 1 is 1.42 bits per heavy atom. The summed E-state index contributed by atoms with van der Waals surface area (Å²) >= 11 is 5.78. The van der Waals surface area contributed by atoms with Gasteiger partial charge in [-0.1, -0.05) is 11.6 Å². The van der Waals surface area contributed by atoms with E-state index in [1.807, 2.05) is 11.4 Å². The van der Waals surface area contributed by atoms with E-state index < -0.39 is 25.2 Å². The Hall–Kier alpha value is -1.78. The molecule has 4 nitrogen and oxygen atoms in total. The molecule has 0 aliphatic rings. The fraction of sp³-hybridized carbons (Fsp3) is 0.273. The predicted molar refractivity (Wildman–Crippen MR) is 63.7 cm³/mol. The Kier molecular flexibility index (Phi) is 5.15. The molecule has 0 aliphatic heterocycles. The number of carbonyl (C=O) groups excluding carboxylic acids is 1. The van der Waals surface area contributed by atoms with Crippen molar-refractivity contribution < 1.29 is 18.0 Å². The van der Waals surface area contributed by atoms with Crippen molar-refractivity contribution in [3.05, 3.63) is 28.8 Å². The number of halogens is 4. The van der Waals surface area contributed by atoms with E-state index in [0.29, 0.717) is 0 Å². The molecule has 0 spiro atoms. The average molecular weight is 292 g/mol. The number of nitriles is 1. The van der Waals surface area contributed by atoms with E-state index in [1.165, 1.54) is 18.2 Å². The van der Waals surface area contributed by atoms with Crippen molar-refractivity contribution in [1.29, 1.82) is 5.26 Å². The molecule has 1 amide bonds. The molecule has 0 fully saturated rings. The fourth-order valence-corrected chi connectivity index (χ4v) is 1.37. The molecule has 0 saturated carbocycles.